The van der Waals surface area contributed by atoms with Gasteiger partial charge in [0.15, 0.2) is 0 Å². The first-order chi connectivity index (χ1) is 12.9. The molecule has 0 saturated carbocycles. The third-order valence-corrected chi connectivity index (χ3v) is 5.67. The lowest BCUT2D eigenvalue weighted by Gasteiger charge is -2.34. The van der Waals surface area contributed by atoms with E-state index in [4.69, 9.17) is 0 Å². The van der Waals surface area contributed by atoms with Crippen LogP contribution in [0, 0.1) is 17.2 Å². The number of likely N-dealkylation sites (tertiary alicyclic amines) is 1. The zero-order valence-corrected chi connectivity index (χ0v) is 15.2. The van der Waals surface area contributed by atoms with Crippen LogP contribution in [0.1, 0.15) is 28.8 Å². The van der Waals surface area contributed by atoms with Crippen LogP contribution >= 0.6 is 11.8 Å². The molecular formula is C20H17F3N2OS. The molecule has 0 bridgehead atoms. The Balaban J connectivity index is 1.85. The molecule has 2 aromatic rings. The Morgan fingerprint density at radius 2 is 1.78 bits per heavy atom. The van der Waals surface area contributed by atoms with Crippen LogP contribution in [0.4, 0.5) is 13.2 Å². The molecule has 1 aliphatic rings. The molecule has 1 saturated heterocycles. The molecule has 140 valence electrons. The second-order valence-electron chi connectivity index (χ2n) is 6.34. The van der Waals surface area contributed by atoms with Gasteiger partial charge in [-0.15, -0.1) is 0 Å². The molecule has 0 N–H and O–H groups in total. The van der Waals surface area contributed by atoms with E-state index in [-0.39, 0.29) is 13.0 Å². The summed E-state index contributed by atoms with van der Waals surface area (Å²) in [5.41, 5.74) is 0.845. The lowest BCUT2D eigenvalue weighted by atomic mass is 9.97. The van der Waals surface area contributed by atoms with Gasteiger partial charge >= 0.3 is 6.18 Å². The highest BCUT2D eigenvalue weighted by molar-refractivity contribution is 7.99. The molecule has 27 heavy (non-hydrogen) atoms. The number of halogens is 3. The minimum atomic E-state index is -4.29. The average Bonchev–Trinajstić information content (AvgIpc) is 2.68. The van der Waals surface area contributed by atoms with Gasteiger partial charge in [-0.3, -0.25) is 4.79 Å². The Labute approximate surface area is 159 Å². The molecule has 2 aromatic carbocycles. The van der Waals surface area contributed by atoms with E-state index in [1.807, 2.05) is 0 Å². The van der Waals surface area contributed by atoms with Crippen molar-refractivity contribution in [2.45, 2.75) is 28.8 Å². The Kier molecular flexibility index (Phi) is 5.76. The van der Waals surface area contributed by atoms with Crippen molar-refractivity contribution in [1.29, 1.82) is 5.26 Å². The first-order valence-corrected chi connectivity index (χ1v) is 9.34. The monoisotopic (exact) mass is 390 g/mol. The minimum absolute atomic E-state index is 0.0548. The molecule has 3 rings (SSSR count). The van der Waals surface area contributed by atoms with Crippen molar-refractivity contribution in [2.75, 3.05) is 13.1 Å². The topological polar surface area (TPSA) is 44.1 Å². The molecule has 7 heteroatoms. The van der Waals surface area contributed by atoms with E-state index < -0.39 is 18.0 Å². The number of rotatable bonds is 3. The number of hydrogen-bond acceptors (Lipinski definition) is 3. The third-order valence-electron chi connectivity index (χ3n) is 4.52. The lowest BCUT2D eigenvalue weighted by Crippen LogP contribution is -2.44. The average molecular weight is 390 g/mol. The molecule has 1 heterocycles. The van der Waals surface area contributed by atoms with E-state index in [0.717, 1.165) is 0 Å². The summed E-state index contributed by atoms with van der Waals surface area (Å²) in [6.07, 6.45) is -3.90. The molecule has 0 spiro atoms. The zero-order valence-electron chi connectivity index (χ0n) is 14.4. The number of carbonyl (C=O) groups is 1. The van der Waals surface area contributed by atoms with Gasteiger partial charge in [0.05, 0.1) is 17.0 Å². The fraction of sp³-hybridized carbons (Fsp3) is 0.300. The molecule has 1 unspecified atom stereocenters. The zero-order chi connectivity index (χ0) is 19.4. The fourth-order valence-electron chi connectivity index (χ4n) is 3.10. The van der Waals surface area contributed by atoms with Crippen molar-refractivity contribution in [3.8, 4) is 6.07 Å². The summed E-state index contributed by atoms with van der Waals surface area (Å²) in [4.78, 5) is 15.5. The normalized spacial score (nSPS) is 17.4. The van der Waals surface area contributed by atoms with Gasteiger partial charge in [-0.1, -0.05) is 36.0 Å². The third kappa shape index (κ3) is 4.45. The van der Waals surface area contributed by atoms with E-state index >= 15 is 0 Å². The summed E-state index contributed by atoms with van der Waals surface area (Å²) in [7, 11) is 0. The SMILES string of the molecule is N#Cc1ccccc1Sc1ccccc1C(=O)N1CCCC(C(F)(F)F)C1. The summed E-state index contributed by atoms with van der Waals surface area (Å²) in [6, 6.07) is 16.0. The van der Waals surface area contributed by atoms with Crippen LogP contribution in [-0.4, -0.2) is 30.1 Å². The van der Waals surface area contributed by atoms with Crippen LogP contribution in [0.25, 0.3) is 0 Å². The summed E-state index contributed by atoms with van der Waals surface area (Å²) >= 11 is 1.27. The van der Waals surface area contributed by atoms with Gasteiger partial charge in [-0.2, -0.15) is 18.4 Å². The standard InChI is InChI=1S/C20H17F3N2OS/c21-20(22,23)15-7-5-11-25(13-15)19(26)16-8-2-4-10-18(16)27-17-9-3-1-6-14(17)12-24/h1-4,6,8-10,15H,5,7,11,13H2. The second-order valence-corrected chi connectivity index (χ2v) is 7.42. The number of piperidine rings is 1. The van der Waals surface area contributed by atoms with E-state index in [1.165, 1.54) is 16.7 Å². The quantitative estimate of drug-likeness (QED) is 0.730. The van der Waals surface area contributed by atoms with Gasteiger partial charge in [0.25, 0.3) is 5.91 Å². The maximum atomic E-state index is 13.1. The Morgan fingerprint density at radius 3 is 2.48 bits per heavy atom. The molecule has 0 aromatic heterocycles. The molecule has 0 radical (unpaired) electrons. The number of nitrogens with zero attached hydrogens (tertiary/aromatic N) is 2. The smallest absolute Gasteiger partial charge is 0.338 e. The number of hydrogen-bond donors (Lipinski definition) is 0. The van der Waals surface area contributed by atoms with Crippen LogP contribution in [0.5, 0.6) is 0 Å². The predicted molar refractivity (Wildman–Crippen MR) is 96.4 cm³/mol. The van der Waals surface area contributed by atoms with Crippen molar-refractivity contribution in [3.05, 3.63) is 59.7 Å². The number of amides is 1. The van der Waals surface area contributed by atoms with Crippen LogP contribution in [-0.2, 0) is 0 Å². The number of alkyl halides is 3. The summed E-state index contributed by atoms with van der Waals surface area (Å²) in [5.74, 6) is -1.88. The molecule has 1 aliphatic heterocycles. The molecule has 1 amide bonds. The second kappa shape index (κ2) is 8.05. The highest BCUT2D eigenvalue weighted by Gasteiger charge is 2.42. The number of benzene rings is 2. The van der Waals surface area contributed by atoms with Crippen molar-refractivity contribution in [3.63, 3.8) is 0 Å². The fourth-order valence-corrected chi connectivity index (χ4v) is 4.12. The van der Waals surface area contributed by atoms with Crippen molar-refractivity contribution < 1.29 is 18.0 Å². The van der Waals surface area contributed by atoms with Crippen LogP contribution in [0.3, 0.4) is 0 Å². The maximum Gasteiger partial charge on any atom is 0.393 e. The summed E-state index contributed by atoms with van der Waals surface area (Å²) in [6.45, 7) is 0.00924. The first-order valence-electron chi connectivity index (χ1n) is 8.52. The van der Waals surface area contributed by atoms with Gasteiger partial charge in [0.2, 0.25) is 0 Å². The van der Waals surface area contributed by atoms with Crippen LogP contribution < -0.4 is 0 Å². The predicted octanol–water partition coefficient (Wildman–Crippen LogP) is 5.12. The Morgan fingerprint density at radius 1 is 1.11 bits per heavy atom. The largest absolute Gasteiger partial charge is 0.393 e. The Bertz CT molecular complexity index is 876. The van der Waals surface area contributed by atoms with Crippen LogP contribution in [0.15, 0.2) is 58.3 Å². The van der Waals surface area contributed by atoms with E-state index in [9.17, 15) is 23.2 Å². The molecule has 3 nitrogen and oxygen atoms in total. The van der Waals surface area contributed by atoms with Gasteiger partial charge in [-0.05, 0) is 37.1 Å². The van der Waals surface area contributed by atoms with Crippen molar-refractivity contribution in [1.82, 2.24) is 4.90 Å². The molecule has 0 aliphatic carbocycles. The summed E-state index contributed by atoms with van der Waals surface area (Å²) < 4.78 is 39.2. The highest BCUT2D eigenvalue weighted by atomic mass is 32.2. The molecule has 1 fully saturated rings. The minimum Gasteiger partial charge on any atom is -0.338 e. The van der Waals surface area contributed by atoms with Gasteiger partial charge in [0.1, 0.15) is 6.07 Å². The molecule has 1 atom stereocenters. The van der Waals surface area contributed by atoms with E-state index in [1.54, 1.807) is 48.5 Å². The Hall–Kier alpha value is -2.46. The van der Waals surface area contributed by atoms with Gasteiger partial charge in [-0.25, -0.2) is 0 Å². The first kappa shape index (κ1) is 19.3. The van der Waals surface area contributed by atoms with E-state index in [2.05, 4.69) is 6.07 Å². The van der Waals surface area contributed by atoms with Gasteiger partial charge < -0.3 is 4.90 Å². The summed E-state index contributed by atoms with van der Waals surface area (Å²) in [5, 5.41) is 9.24. The number of nitriles is 1. The number of carbonyl (C=O) groups excluding carboxylic acids is 1. The van der Waals surface area contributed by atoms with E-state index in [0.29, 0.717) is 33.9 Å². The highest BCUT2D eigenvalue weighted by Crippen LogP contribution is 2.36. The maximum absolute atomic E-state index is 13.1. The lowest BCUT2D eigenvalue weighted by molar-refractivity contribution is -0.184. The van der Waals surface area contributed by atoms with Crippen molar-refractivity contribution in [2.24, 2.45) is 5.92 Å². The van der Waals surface area contributed by atoms with Gasteiger partial charge in [0, 0.05) is 22.9 Å². The van der Waals surface area contributed by atoms with Crippen molar-refractivity contribution >= 4 is 17.7 Å². The molecular weight excluding hydrogens is 373 g/mol. The van der Waals surface area contributed by atoms with Crippen LogP contribution in [0.2, 0.25) is 0 Å².